The van der Waals surface area contributed by atoms with Gasteiger partial charge in [-0.05, 0) is 49.8 Å². The van der Waals surface area contributed by atoms with Crippen molar-refractivity contribution < 1.29 is 14.1 Å². The Morgan fingerprint density at radius 2 is 2.17 bits per heavy atom. The third-order valence-corrected chi connectivity index (χ3v) is 4.57. The van der Waals surface area contributed by atoms with Gasteiger partial charge in [0.15, 0.2) is 12.4 Å². The summed E-state index contributed by atoms with van der Waals surface area (Å²) in [5, 5.41) is 13.8. The van der Waals surface area contributed by atoms with Gasteiger partial charge in [0, 0.05) is 28.5 Å². The zero-order chi connectivity index (χ0) is 21.0. The van der Waals surface area contributed by atoms with E-state index >= 15 is 0 Å². The van der Waals surface area contributed by atoms with E-state index in [2.05, 4.69) is 10.1 Å². The largest absolute Gasteiger partial charge is 0.451 e. The number of hydrogen-bond donors (Lipinski definition) is 0. The van der Waals surface area contributed by atoms with Crippen LogP contribution < -0.4 is 0 Å². The summed E-state index contributed by atoms with van der Waals surface area (Å²) < 4.78 is 12.1. The second-order valence-corrected chi connectivity index (χ2v) is 6.78. The second kappa shape index (κ2) is 8.76. The number of carbonyl (C=O) groups is 1. The Morgan fingerprint density at radius 1 is 1.38 bits per heavy atom. The Balaban J connectivity index is 1.82. The monoisotopic (exact) mass is 410 g/mol. The fourth-order valence-corrected chi connectivity index (χ4v) is 3.12. The van der Waals surface area contributed by atoms with E-state index in [1.54, 1.807) is 6.07 Å². The van der Waals surface area contributed by atoms with Crippen LogP contribution in [0.4, 0.5) is 0 Å². The molecule has 8 heteroatoms. The molecule has 0 amide bonds. The number of ether oxygens (including phenoxy) is 1. The van der Waals surface area contributed by atoms with Crippen molar-refractivity contribution in [1.82, 2.24) is 14.7 Å². The molecule has 0 unspecified atom stereocenters. The molecule has 0 aliphatic heterocycles. The topological polar surface area (TPSA) is 93.9 Å². The van der Waals surface area contributed by atoms with Crippen molar-refractivity contribution in [3.05, 3.63) is 69.6 Å². The fourth-order valence-electron chi connectivity index (χ4n) is 2.94. The van der Waals surface area contributed by atoms with E-state index < -0.39 is 5.97 Å². The molecule has 3 aromatic rings. The number of hydrogen-bond acceptors (Lipinski definition) is 6. The molecular formula is C21H19ClN4O3. The molecule has 0 spiro atoms. The zero-order valence-electron chi connectivity index (χ0n) is 16.3. The summed E-state index contributed by atoms with van der Waals surface area (Å²) in [5.74, 6) is -0.0384. The van der Waals surface area contributed by atoms with Crippen LogP contribution in [0.15, 0.2) is 40.4 Å². The molecule has 1 aromatic carbocycles. The number of halogens is 1. The highest BCUT2D eigenvalue weighted by molar-refractivity contribution is 6.30. The van der Waals surface area contributed by atoms with Gasteiger partial charge in [0.2, 0.25) is 0 Å². The number of esters is 1. The molecule has 0 saturated carbocycles. The quantitative estimate of drug-likeness (QED) is 0.341. The minimum absolute atomic E-state index is 0.119. The van der Waals surface area contributed by atoms with Crippen molar-refractivity contribution in [3.63, 3.8) is 0 Å². The minimum Gasteiger partial charge on any atom is -0.451 e. The predicted molar refractivity (Wildman–Crippen MR) is 107 cm³/mol. The van der Waals surface area contributed by atoms with Gasteiger partial charge in [-0.3, -0.25) is 0 Å². The number of rotatable bonds is 6. The van der Waals surface area contributed by atoms with Gasteiger partial charge in [-0.15, -0.1) is 0 Å². The molecule has 0 aliphatic rings. The standard InChI is InChI=1S/C21H19ClN4O3/c1-4-19-24-20(29-25-19)12-28-21(27)16(11-23)9-15-8-13(2)26(14(15)3)18-7-5-6-17(22)10-18/h5-10H,4,12H2,1-3H3/b16-9+. The Hall–Kier alpha value is -3.37. The molecule has 7 nitrogen and oxygen atoms in total. The lowest BCUT2D eigenvalue weighted by Crippen LogP contribution is -2.07. The summed E-state index contributed by atoms with van der Waals surface area (Å²) in [6.07, 6.45) is 2.13. The van der Waals surface area contributed by atoms with Crippen molar-refractivity contribution in [1.29, 1.82) is 5.26 Å². The third-order valence-electron chi connectivity index (χ3n) is 4.33. The van der Waals surface area contributed by atoms with E-state index in [9.17, 15) is 10.1 Å². The Kier molecular flexibility index (Phi) is 6.15. The van der Waals surface area contributed by atoms with Gasteiger partial charge >= 0.3 is 5.97 Å². The first-order valence-corrected chi connectivity index (χ1v) is 9.36. The lowest BCUT2D eigenvalue weighted by Gasteiger charge is -2.10. The Morgan fingerprint density at radius 3 is 2.83 bits per heavy atom. The predicted octanol–water partition coefficient (Wildman–Crippen LogP) is 4.34. The number of nitriles is 1. The summed E-state index contributed by atoms with van der Waals surface area (Å²) >= 11 is 6.10. The van der Waals surface area contributed by atoms with Crippen molar-refractivity contribution >= 4 is 23.6 Å². The van der Waals surface area contributed by atoms with Gasteiger partial charge in [0.1, 0.15) is 11.6 Å². The van der Waals surface area contributed by atoms with Gasteiger partial charge < -0.3 is 13.8 Å². The normalized spacial score (nSPS) is 11.3. The summed E-state index contributed by atoms with van der Waals surface area (Å²) in [4.78, 5) is 16.4. The molecule has 2 heterocycles. The van der Waals surface area contributed by atoms with Crippen LogP contribution >= 0.6 is 11.6 Å². The molecule has 148 valence electrons. The molecule has 0 radical (unpaired) electrons. The summed E-state index contributed by atoms with van der Waals surface area (Å²) in [6, 6.07) is 11.3. The number of benzene rings is 1. The van der Waals surface area contributed by atoms with Crippen molar-refractivity contribution in [2.45, 2.75) is 33.8 Å². The van der Waals surface area contributed by atoms with Gasteiger partial charge in [0.05, 0.1) is 0 Å². The van der Waals surface area contributed by atoms with Crippen LogP contribution in [-0.4, -0.2) is 20.7 Å². The maximum atomic E-state index is 12.3. The summed E-state index contributed by atoms with van der Waals surface area (Å²) in [5.41, 5.74) is 3.33. The average Bonchev–Trinajstić information content (AvgIpc) is 3.28. The van der Waals surface area contributed by atoms with Gasteiger partial charge in [-0.25, -0.2) is 4.79 Å². The highest BCUT2D eigenvalue weighted by atomic mass is 35.5. The number of aryl methyl sites for hydroxylation is 2. The zero-order valence-corrected chi connectivity index (χ0v) is 17.0. The van der Waals surface area contributed by atoms with Gasteiger partial charge in [-0.2, -0.15) is 10.2 Å². The lowest BCUT2D eigenvalue weighted by molar-refractivity contribution is -0.140. The summed E-state index contributed by atoms with van der Waals surface area (Å²) in [6.45, 7) is 5.55. The van der Waals surface area contributed by atoms with E-state index in [0.29, 0.717) is 17.3 Å². The number of carbonyl (C=O) groups excluding carboxylic acids is 1. The molecule has 0 fully saturated rings. The molecule has 0 aliphatic carbocycles. The van der Waals surface area contributed by atoms with Crippen LogP contribution in [-0.2, 0) is 22.6 Å². The average molecular weight is 411 g/mol. The first kappa shape index (κ1) is 20.4. The van der Waals surface area contributed by atoms with E-state index in [0.717, 1.165) is 22.6 Å². The molecule has 0 atom stereocenters. The van der Waals surface area contributed by atoms with E-state index in [1.165, 1.54) is 6.08 Å². The van der Waals surface area contributed by atoms with Crippen molar-refractivity contribution in [2.75, 3.05) is 0 Å². The van der Waals surface area contributed by atoms with Crippen molar-refractivity contribution in [3.8, 4) is 11.8 Å². The molecule has 29 heavy (non-hydrogen) atoms. The van der Waals surface area contributed by atoms with E-state index in [4.69, 9.17) is 20.9 Å². The first-order chi connectivity index (χ1) is 13.9. The highest BCUT2D eigenvalue weighted by Crippen LogP contribution is 2.24. The summed E-state index contributed by atoms with van der Waals surface area (Å²) in [7, 11) is 0. The van der Waals surface area contributed by atoms with Gasteiger partial charge in [0.25, 0.3) is 5.89 Å². The Labute approximate surface area is 173 Å². The number of aromatic nitrogens is 3. The molecular weight excluding hydrogens is 392 g/mol. The van der Waals surface area contributed by atoms with Crippen LogP contribution in [0.5, 0.6) is 0 Å². The van der Waals surface area contributed by atoms with E-state index in [1.807, 2.05) is 55.7 Å². The first-order valence-electron chi connectivity index (χ1n) is 8.98. The highest BCUT2D eigenvalue weighted by Gasteiger charge is 2.16. The Bertz CT molecular complexity index is 1120. The number of nitrogens with zero attached hydrogens (tertiary/aromatic N) is 4. The minimum atomic E-state index is -0.753. The van der Waals surface area contributed by atoms with Crippen LogP contribution in [0.2, 0.25) is 5.02 Å². The van der Waals surface area contributed by atoms with Gasteiger partial charge in [-0.1, -0.05) is 29.7 Å². The van der Waals surface area contributed by atoms with Crippen LogP contribution in [0.25, 0.3) is 11.8 Å². The second-order valence-electron chi connectivity index (χ2n) is 6.35. The molecule has 3 rings (SSSR count). The van der Waals surface area contributed by atoms with E-state index in [-0.39, 0.29) is 18.1 Å². The maximum absolute atomic E-state index is 12.3. The van der Waals surface area contributed by atoms with Crippen molar-refractivity contribution in [2.24, 2.45) is 0 Å². The van der Waals surface area contributed by atoms with Crippen LogP contribution in [0.3, 0.4) is 0 Å². The maximum Gasteiger partial charge on any atom is 0.349 e. The molecule has 2 aromatic heterocycles. The molecule has 0 bridgehead atoms. The van der Waals surface area contributed by atoms with Crippen LogP contribution in [0.1, 0.15) is 35.6 Å². The van der Waals surface area contributed by atoms with Crippen LogP contribution in [0, 0.1) is 25.2 Å². The third kappa shape index (κ3) is 4.55. The smallest absolute Gasteiger partial charge is 0.349 e. The lowest BCUT2D eigenvalue weighted by atomic mass is 10.1. The fraction of sp³-hybridized carbons (Fsp3) is 0.238. The SMILES string of the molecule is CCc1noc(COC(=O)/C(C#N)=C/c2cc(C)n(-c3cccc(Cl)c3)c2C)n1. The molecule has 0 N–H and O–H groups in total. The molecule has 0 saturated heterocycles.